The van der Waals surface area contributed by atoms with Crippen molar-refractivity contribution in [2.24, 2.45) is 5.10 Å². The van der Waals surface area contributed by atoms with Gasteiger partial charge in [0, 0.05) is 39.9 Å². The fraction of sp³-hybridized carbons (Fsp3) is 0.250. The van der Waals surface area contributed by atoms with E-state index in [0.29, 0.717) is 5.95 Å². The van der Waals surface area contributed by atoms with Crippen LogP contribution in [0.1, 0.15) is 28.3 Å². The molecule has 3 aromatic heterocycles. The molecule has 1 N–H and O–H groups in total. The van der Waals surface area contributed by atoms with Crippen molar-refractivity contribution < 1.29 is 0 Å². The van der Waals surface area contributed by atoms with E-state index >= 15 is 0 Å². The van der Waals surface area contributed by atoms with Crippen LogP contribution in [-0.2, 0) is 0 Å². The Morgan fingerprint density at radius 2 is 1.87 bits per heavy atom. The number of anilines is 1. The van der Waals surface area contributed by atoms with Crippen LogP contribution < -0.4 is 5.43 Å². The molecule has 6 nitrogen and oxygen atoms in total. The smallest absolute Gasteiger partial charge is 0.243 e. The van der Waals surface area contributed by atoms with Crippen molar-refractivity contribution >= 4 is 23.5 Å². The predicted molar refractivity (Wildman–Crippen MR) is 93.6 cm³/mol. The van der Waals surface area contributed by atoms with Gasteiger partial charge < -0.3 is 0 Å². The van der Waals surface area contributed by atoms with E-state index < -0.39 is 0 Å². The van der Waals surface area contributed by atoms with Gasteiger partial charge in [0.1, 0.15) is 0 Å². The second-order valence-electron chi connectivity index (χ2n) is 5.32. The van der Waals surface area contributed by atoms with Crippen molar-refractivity contribution in [1.29, 1.82) is 0 Å². The number of aryl methyl sites for hydroxylation is 3. The van der Waals surface area contributed by atoms with Gasteiger partial charge in [-0.05, 0) is 39.8 Å². The molecule has 0 fully saturated rings. The standard InChI is InChI=1S/C16H18N6S/c1-10-7-11(2)20-15(19-10)21-18-9-14-8-12(3)22(13(14)4)16-17-5-6-23-16/h5-9H,1-4H3,(H,19,20,21)/b18-9-. The van der Waals surface area contributed by atoms with Crippen LogP contribution in [0.4, 0.5) is 5.95 Å². The van der Waals surface area contributed by atoms with E-state index in [1.807, 2.05) is 31.5 Å². The number of thiazole rings is 1. The fourth-order valence-corrected chi connectivity index (χ4v) is 3.23. The summed E-state index contributed by atoms with van der Waals surface area (Å²) in [6.07, 6.45) is 3.60. The predicted octanol–water partition coefficient (Wildman–Crippen LogP) is 3.40. The highest BCUT2D eigenvalue weighted by atomic mass is 32.1. The number of nitrogens with zero attached hydrogens (tertiary/aromatic N) is 5. The fourth-order valence-electron chi connectivity index (χ4n) is 2.47. The van der Waals surface area contributed by atoms with Crippen molar-refractivity contribution in [1.82, 2.24) is 19.5 Å². The first-order chi connectivity index (χ1) is 11.0. The molecule has 118 valence electrons. The zero-order chi connectivity index (χ0) is 16.4. The van der Waals surface area contributed by atoms with Gasteiger partial charge in [0.25, 0.3) is 0 Å². The van der Waals surface area contributed by atoms with Gasteiger partial charge in [-0.15, -0.1) is 11.3 Å². The van der Waals surface area contributed by atoms with E-state index in [9.17, 15) is 0 Å². The van der Waals surface area contributed by atoms with Gasteiger partial charge in [-0.2, -0.15) is 5.10 Å². The third kappa shape index (κ3) is 3.29. The average Bonchev–Trinajstić information content (AvgIpc) is 3.07. The van der Waals surface area contributed by atoms with Gasteiger partial charge in [0.05, 0.1) is 6.21 Å². The van der Waals surface area contributed by atoms with Crippen LogP contribution in [-0.4, -0.2) is 25.7 Å². The lowest BCUT2D eigenvalue weighted by Gasteiger charge is -2.04. The maximum atomic E-state index is 4.37. The van der Waals surface area contributed by atoms with Crippen LogP contribution in [0, 0.1) is 27.7 Å². The molecular weight excluding hydrogens is 308 g/mol. The maximum Gasteiger partial charge on any atom is 0.243 e. The molecule has 0 spiro atoms. The van der Waals surface area contributed by atoms with Gasteiger partial charge in [0.15, 0.2) is 5.13 Å². The van der Waals surface area contributed by atoms with E-state index in [2.05, 4.69) is 50.0 Å². The molecule has 0 saturated heterocycles. The Bertz CT molecular complexity index is 828. The summed E-state index contributed by atoms with van der Waals surface area (Å²) in [5.41, 5.74) is 7.98. The molecule has 0 bridgehead atoms. The minimum Gasteiger partial charge on any atom is -0.294 e. The Labute approximate surface area is 139 Å². The molecule has 0 aliphatic rings. The van der Waals surface area contributed by atoms with Gasteiger partial charge >= 0.3 is 0 Å². The zero-order valence-electron chi connectivity index (χ0n) is 13.5. The van der Waals surface area contributed by atoms with Crippen LogP contribution in [0.3, 0.4) is 0 Å². The summed E-state index contributed by atoms with van der Waals surface area (Å²) < 4.78 is 2.12. The number of nitrogens with one attached hydrogen (secondary N) is 1. The lowest BCUT2D eigenvalue weighted by molar-refractivity contribution is 0.949. The first kappa shape index (κ1) is 15.4. The molecule has 0 aromatic carbocycles. The summed E-state index contributed by atoms with van der Waals surface area (Å²) in [5.74, 6) is 0.507. The number of hydrogen-bond donors (Lipinski definition) is 1. The molecule has 0 aliphatic heterocycles. The Kier molecular flexibility index (Phi) is 4.20. The van der Waals surface area contributed by atoms with Crippen molar-refractivity contribution in [3.8, 4) is 5.13 Å². The molecule has 0 radical (unpaired) electrons. The van der Waals surface area contributed by atoms with E-state index in [1.165, 1.54) is 0 Å². The summed E-state index contributed by atoms with van der Waals surface area (Å²) in [6.45, 7) is 7.99. The molecule has 0 amide bonds. The minimum absolute atomic E-state index is 0.507. The Morgan fingerprint density at radius 3 is 2.52 bits per heavy atom. The van der Waals surface area contributed by atoms with Gasteiger partial charge in [-0.3, -0.25) is 4.57 Å². The molecule has 0 saturated carbocycles. The maximum absolute atomic E-state index is 4.37. The molecule has 0 unspecified atom stereocenters. The average molecular weight is 326 g/mol. The van der Waals surface area contributed by atoms with Crippen LogP contribution in [0.15, 0.2) is 28.8 Å². The summed E-state index contributed by atoms with van der Waals surface area (Å²) >= 11 is 1.61. The highest BCUT2D eigenvalue weighted by Crippen LogP contribution is 2.21. The first-order valence-corrected chi connectivity index (χ1v) is 8.13. The third-order valence-corrected chi connectivity index (χ3v) is 4.19. The largest absolute Gasteiger partial charge is 0.294 e. The molecule has 23 heavy (non-hydrogen) atoms. The van der Waals surface area contributed by atoms with E-state index in [1.54, 1.807) is 17.6 Å². The van der Waals surface area contributed by atoms with Crippen LogP contribution in [0.2, 0.25) is 0 Å². The Balaban J connectivity index is 1.82. The highest BCUT2D eigenvalue weighted by Gasteiger charge is 2.10. The van der Waals surface area contributed by atoms with Crippen molar-refractivity contribution in [3.63, 3.8) is 0 Å². The Hall–Kier alpha value is -2.54. The quantitative estimate of drug-likeness (QED) is 0.589. The van der Waals surface area contributed by atoms with Crippen LogP contribution in [0.5, 0.6) is 0 Å². The molecule has 0 aliphatic carbocycles. The van der Waals surface area contributed by atoms with E-state index in [-0.39, 0.29) is 0 Å². The van der Waals surface area contributed by atoms with Crippen LogP contribution >= 0.6 is 11.3 Å². The molecular formula is C16H18N6S. The number of rotatable bonds is 4. The van der Waals surface area contributed by atoms with Gasteiger partial charge in [0.2, 0.25) is 5.95 Å². The Morgan fingerprint density at radius 1 is 1.13 bits per heavy atom. The van der Waals surface area contributed by atoms with Crippen molar-refractivity contribution in [3.05, 3.63) is 52.0 Å². The van der Waals surface area contributed by atoms with Crippen molar-refractivity contribution in [2.45, 2.75) is 27.7 Å². The second-order valence-corrected chi connectivity index (χ2v) is 6.19. The SMILES string of the molecule is Cc1cc(C)nc(N/N=C\c2cc(C)n(-c3nccs3)c2C)n1. The van der Waals surface area contributed by atoms with Gasteiger partial charge in [-0.25, -0.2) is 20.4 Å². The lowest BCUT2D eigenvalue weighted by Crippen LogP contribution is -2.01. The highest BCUT2D eigenvalue weighted by molar-refractivity contribution is 7.12. The summed E-state index contributed by atoms with van der Waals surface area (Å²) in [7, 11) is 0. The molecule has 3 rings (SSSR count). The van der Waals surface area contributed by atoms with E-state index in [0.717, 1.165) is 33.5 Å². The number of hydrazone groups is 1. The normalized spacial score (nSPS) is 11.3. The number of aromatic nitrogens is 4. The monoisotopic (exact) mass is 326 g/mol. The molecule has 0 atom stereocenters. The molecule has 7 heteroatoms. The molecule has 3 heterocycles. The third-order valence-electron chi connectivity index (χ3n) is 3.43. The van der Waals surface area contributed by atoms with Crippen LogP contribution in [0.25, 0.3) is 5.13 Å². The summed E-state index contributed by atoms with van der Waals surface area (Å²) in [5, 5.41) is 7.20. The minimum atomic E-state index is 0.507. The zero-order valence-corrected chi connectivity index (χ0v) is 14.3. The molecule has 3 aromatic rings. The lowest BCUT2D eigenvalue weighted by atomic mass is 10.3. The summed E-state index contributed by atoms with van der Waals surface area (Å²) in [4.78, 5) is 13.0. The summed E-state index contributed by atoms with van der Waals surface area (Å²) in [6, 6.07) is 4.01. The first-order valence-electron chi connectivity index (χ1n) is 7.25. The van der Waals surface area contributed by atoms with E-state index in [4.69, 9.17) is 0 Å². The number of hydrogen-bond acceptors (Lipinski definition) is 6. The second kappa shape index (κ2) is 6.29. The van der Waals surface area contributed by atoms with Gasteiger partial charge in [-0.1, -0.05) is 0 Å². The topological polar surface area (TPSA) is 68.0 Å². The van der Waals surface area contributed by atoms with Crippen molar-refractivity contribution in [2.75, 3.05) is 5.43 Å².